The molecule has 0 radical (unpaired) electrons. The van der Waals surface area contributed by atoms with Gasteiger partial charge >= 0.3 is 0 Å². The van der Waals surface area contributed by atoms with Crippen LogP contribution < -0.4 is 10.6 Å². The molecule has 0 saturated carbocycles. The van der Waals surface area contributed by atoms with Crippen LogP contribution in [0.15, 0.2) is 60.7 Å². The van der Waals surface area contributed by atoms with Crippen LogP contribution in [0.25, 0.3) is 22.4 Å². The van der Waals surface area contributed by atoms with Gasteiger partial charge in [-0.2, -0.15) is 0 Å². The fraction of sp³-hybridized carbons (Fsp3) is 0.367. The van der Waals surface area contributed by atoms with Crippen molar-refractivity contribution in [3.05, 3.63) is 76.9 Å². The minimum Gasteiger partial charge on any atom is -0.372 e. The minimum absolute atomic E-state index is 0.0536. The lowest BCUT2D eigenvalue weighted by atomic mass is 10.1. The van der Waals surface area contributed by atoms with Crippen molar-refractivity contribution in [3.63, 3.8) is 0 Å². The Morgan fingerprint density at radius 3 is 2.62 bits per heavy atom. The summed E-state index contributed by atoms with van der Waals surface area (Å²) in [4.78, 5) is 26.8. The molecule has 0 aliphatic carbocycles. The number of likely N-dealkylation sites (tertiary alicyclic amines) is 1. The van der Waals surface area contributed by atoms with E-state index in [0.717, 1.165) is 72.0 Å². The number of nitrogens with zero attached hydrogens (tertiary/aromatic N) is 3. The number of H-pyrrole nitrogens is 1. The van der Waals surface area contributed by atoms with E-state index in [2.05, 4.69) is 32.7 Å². The third-order valence-electron chi connectivity index (χ3n) is 7.03. The predicted molar refractivity (Wildman–Crippen MR) is 156 cm³/mol. The molecule has 8 nitrogen and oxygen atoms in total. The minimum atomic E-state index is -0.0536. The zero-order valence-electron chi connectivity index (χ0n) is 22.3. The van der Waals surface area contributed by atoms with Gasteiger partial charge in [0.25, 0.3) is 0 Å². The largest absolute Gasteiger partial charge is 0.372 e. The van der Waals surface area contributed by atoms with E-state index in [9.17, 15) is 4.79 Å². The van der Waals surface area contributed by atoms with E-state index in [-0.39, 0.29) is 12.0 Å². The molecular weight excluding hydrogens is 512 g/mol. The van der Waals surface area contributed by atoms with Gasteiger partial charge < -0.3 is 25.3 Å². The van der Waals surface area contributed by atoms with E-state index in [4.69, 9.17) is 26.3 Å². The van der Waals surface area contributed by atoms with Gasteiger partial charge in [-0.15, -0.1) is 0 Å². The fourth-order valence-corrected chi connectivity index (χ4v) is 5.13. The van der Waals surface area contributed by atoms with Crippen molar-refractivity contribution >= 4 is 34.4 Å². The molecule has 1 saturated heterocycles. The van der Waals surface area contributed by atoms with Crippen LogP contribution in [0.3, 0.4) is 0 Å². The Morgan fingerprint density at radius 1 is 1.08 bits per heavy atom. The van der Waals surface area contributed by atoms with E-state index in [1.165, 1.54) is 12.5 Å². The maximum Gasteiger partial charge on any atom is 0.216 e. The summed E-state index contributed by atoms with van der Waals surface area (Å²) in [6, 6.07) is 20.1. The molecule has 1 aliphatic rings. The molecule has 4 aromatic rings. The van der Waals surface area contributed by atoms with Crippen molar-refractivity contribution in [2.24, 2.45) is 0 Å². The number of halogens is 1. The Morgan fingerprint density at radius 2 is 1.85 bits per heavy atom. The molecule has 3 heterocycles. The van der Waals surface area contributed by atoms with Gasteiger partial charge in [0, 0.05) is 55.9 Å². The number of aromatic nitrogens is 3. The molecular formula is C30H35ClN6O2. The highest BCUT2D eigenvalue weighted by Gasteiger charge is 2.20. The molecule has 0 spiro atoms. The highest BCUT2D eigenvalue weighted by Crippen LogP contribution is 2.26. The van der Waals surface area contributed by atoms with Crippen LogP contribution in [0.2, 0.25) is 5.02 Å². The number of hydrogen-bond donors (Lipinski definition) is 3. The average molecular weight is 547 g/mol. The average Bonchev–Trinajstić information content (AvgIpc) is 3.38. The quantitative estimate of drug-likeness (QED) is 0.228. The third kappa shape index (κ3) is 7.35. The molecule has 2 aromatic carbocycles. The lowest BCUT2D eigenvalue weighted by molar-refractivity contribution is -0.118. The number of rotatable bonds is 11. The first kappa shape index (κ1) is 27.1. The number of piperidine rings is 1. The molecule has 0 bridgehead atoms. The Bertz CT molecular complexity index is 1380. The van der Waals surface area contributed by atoms with Gasteiger partial charge in [0.05, 0.1) is 18.1 Å². The molecule has 9 heteroatoms. The van der Waals surface area contributed by atoms with Crippen molar-refractivity contribution in [1.29, 1.82) is 0 Å². The van der Waals surface area contributed by atoms with E-state index in [0.29, 0.717) is 25.5 Å². The topological polar surface area (TPSA) is 95.2 Å². The number of hydrogen-bond acceptors (Lipinski definition) is 6. The van der Waals surface area contributed by atoms with Crippen LogP contribution in [0.5, 0.6) is 0 Å². The van der Waals surface area contributed by atoms with Crippen molar-refractivity contribution in [3.8, 4) is 11.4 Å². The van der Waals surface area contributed by atoms with Gasteiger partial charge in [-0.25, -0.2) is 9.97 Å². The lowest BCUT2D eigenvalue weighted by Gasteiger charge is -2.31. The summed E-state index contributed by atoms with van der Waals surface area (Å²) in [5, 5.41) is 7.93. The summed E-state index contributed by atoms with van der Waals surface area (Å²) in [5.41, 5.74) is 3.88. The lowest BCUT2D eigenvalue weighted by Crippen LogP contribution is -2.38. The number of amides is 1. The van der Waals surface area contributed by atoms with E-state index < -0.39 is 0 Å². The number of nitrogens with one attached hydrogen (secondary N) is 3. The van der Waals surface area contributed by atoms with Crippen LogP contribution >= 0.6 is 11.6 Å². The standard InChI is InChI=1S/C30H35ClN6O2/c1-21(38)32-14-15-33-29-26-19-24(34-30(26)36-28(35-29)23-8-3-2-4-9-23)20-39-25-12-17-37(18-13-25)16-11-22-7-5-6-10-27(22)31/h2-10,19,25H,11-18,20H2,1H3,(H,32,38)(H2,33,34,35,36). The van der Waals surface area contributed by atoms with Crippen LogP contribution in [0, 0.1) is 0 Å². The Kier molecular flexibility index (Phi) is 9.08. The second kappa shape index (κ2) is 13.1. The number of carbonyl (C=O) groups excluding carboxylic acids is 1. The van der Waals surface area contributed by atoms with Crippen LogP contribution in [0.1, 0.15) is 31.0 Å². The van der Waals surface area contributed by atoms with E-state index >= 15 is 0 Å². The van der Waals surface area contributed by atoms with Crippen molar-refractivity contribution in [1.82, 2.24) is 25.2 Å². The second-order valence-corrected chi connectivity index (χ2v) is 10.3. The van der Waals surface area contributed by atoms with E-state index in [1.807, 2.05) is 48.5 Å². The zero-order valence-corrected chi connectivity index (χ0v) is 23.0. The summed E-state index contributed by atoms with van der Waals surface area (Å²) in [5.74, 6) is 1.32. The summed E-state index contributed by atoms with van der Waals surface area (Å²) in [6.45, 7) is 6.14. The van der Waals surface area contributed by atoms with Crippen LogP contribution in [-0.2, 0) is 22.6 Å². The molecule has 1 aliphatic heterocycles. The fourth-order valence-electron chi connectivity index (χ4n) is 4.90. The van der Waals surface area contributed by atoms with Gasteiger partial charge in [0.1, 0.15) is 11.5 Å². The monoisotopic (exact) mass is 546 g/mol. The molecule has 2 aromatic heterocycles. The van der Waals surface area contributed by atoms with Gasteiger partial charge in [0.2, 0.25) is 5.91 Å². The molecule has 1 amide bonds. The van der Waals surface area contributed by atoms with Crippen LogP contribution in [0.4, 0.5) is 5.82 Å². The predicted octanol–water partition coefficient (Wildman–Crippen LogP) is 5.05. The number of ether oxygens (including phenoxy) is 1. The van der Waals surface area contributed by atoms with Crippen molar-refractivity contribution in [2.45, 2.75) is 38.9 Å². The van der Waals surface area contributed by atoms with Gasteiger partial charge in [-0.05, 0) is 37.0 Å². The molecule has 0 unspecified atom stereocenters. The number of aromatic amines is 1. The summed E-state index contributed by atoms with van der Waals surface area (Å²) >= 11 is 6.32. The summed E-state index contributed by atoms with van der Waals surface area (Å²) in [7, 11) is 0. The van der Waals surface area contributed by atoms with Crippen molar-refractivity contribution < 1.29 is 9.53 Å². The smallest absolute Gasteiger partial charge is 0.216 e. The number of benzene rings is 2. The summed E-state index contributed by atoms with van der Waals surface area (Å²) in [6.07, 6.45) is 3.22. The Balaban J connectivity index is 1.19. The van der Waals surface area contributed by atoms with Gasteiger partial charge in [-0.1, -0.05) is 60.1 Å². The zero-order chi connectivity index (χ0) is 27.0. The Labute approximate surface area is 234 Å². The number of anilines is 1. The van der Waals surface area contributed by atoms with E-state index in [1.54, 1.807) is 0 Å². The van der Waals surface area contributed by atoms with Gasteiger partial charge in [-0.3, -0.25) is 4.79 Å². The molecule has 5 rings (SSSR count). The van der Waals surface area contributed by atoms with Gasteiger partial charge in [0.15, 0.2) is 5.82 Å². The first-order chi connectivity index (χ1) is 19.0. The molecule has 0 atom stereocenters. The van der Waals surface area contributed by atoms with Crippen molar-refractivity contribution in [2.75, 3.05) is 38.0 Å². The third-order valence-corrected chi connectivity index (χ3v) is 7.40. The highest BCUT2D eigenvalue weighted by molar-refractivity contribution is 6.31. The Hall–Kier alpha value is -3.46. The SMILES string of the molecule is CC(=O)NCCNc1nc(-c2ccccc2)nc2[nH]c(COC3CCN(CCc4ccccc4Cl)CC3)cc12. The first-order valence-electron chi connectivity index (χ1n) is 13.6. The summed E-state index contributed by atoms with van der Waals surface area (Å²) < 4.78 is 6.31. The highest BCUT2D eigenvalue weighted by atomic mass is 35.5. The number of fused-ring (bicyclic) bond motifs is 1. The molecule has 3 N–H and O–H groups in total. The van der Waals surface area contributed by atoms with Crippen LogP contribution in [-0.4, -0.2) is 64.6 Å². The maximum atomic E-state index is 11.2. The number of carbonyl (C=O) groups is 1. The molecule has 204 valence electrons. The maximum absolute atomic E-state index is 11.2. The second-order valence-electron chi connectivity index (χ2n) is 9.92. The normalized spacial score (nSPS) is 14.5. The molecule has 39 heavy (non-hydrogen) atoms. The molecule has 1 fully saturated rings. The first-order valence-corrected chi connectivity index (χ1v) is 13.9.